The standard InChI is InChI=1S/C27H28FN3O3/c28-22-14-13-18(15-23-20-9-4-5-10-21(20)25(32)17-29-23)16-24(22)31-27(34)12-6-11-26(33)30-19-7-2-1-3-8-19/h1-3,7-8,13-14,16H,4-6,9-12,15,17H2,(H,30,33)(H,31,34). The highest BCUT2D eigenvalue weighted by Gasteiger charge is 2.26. The highest BCUT2D eigenvalue weighted by molar-refractivity contribution is 6.14. The molecule has 2 aromatic rings. The van der Waals surface area contributed by atoms with Crippen molar-refractivity contribution in [1.82, 2.24) is 0 Å². The molecule has 34 heavy (non-hydrogen) atoms. The van der Waals surface area contributed by atoms with Crippen molar-refractivity contribution in [2.75, 3.05) is 17.2 Å². The molecule has 176 valence electrons. The van der Waals surface area contributed by atoms with E-state index in [-0.39, 0.29) is 42.7 Å². The van der Waals surface area contributed by atoms with Gasteiger partial charge in [0.25, 0.3) is 0 Å². The zero-order valence-corrected chi connectivity index (χ0v) is 19.0. The molecular weight excluding hydrogens is 433 g/mol. The van der Waals surface area contributed by atoms with Crippen molar-refractivity contribution in [2.24, 2.45) is 4.99 Å². The maximum atomic E-state index is 14.4. The van der Waals surface area contributed by atoms with Gasteiger partial charge in [0.1, 0.15) is 12.4 Å². The Bertz CT molecular complexity index is 1150. The lowest BCUT2D eigenvalue weighted by atomic mass is 9.83. The summed E-state index contributed by atoms with van der Waals surface area (Å²) in [6, 6.07) is 13.8. The van der Waals surface area contributed by atoms with Gasteiger partial charge in [-0.1, -0.05) is 24.3 Å². The number of rotatable bonds is 8. The molecule has 2 aliphatic rings. The summed E-state index contributed by atoms with van der Waals surface area (Å²) in [5.41, 5.74) is 4.49. The van der Waals surface area contributed by atoms with E-state index in [1.54, 1.807) is 24.3 Å². The number of aliphatic imine (C=N–C) groups is 1. The number of dihydropyridines is 1. The molecule has 2 aromatic carbocycles. The van der Waals surface area contributed by atoms with Gasteiger partial charge in [-0.05, 0) is 67.5 Å². The Morgan fingerprint density at radius 2 is 1.62 bits per heavy atom. The number of hydrogen-bond donors (Lipinski definition) is 2. The largest absolute Gasteiger partial charge is 0.326 e. The lowest BCUT2D eigenvalue weighted by molar-refractivity contribution is -0.117. The summed E-state index contributed by atoms with van der Waals surface area (Å²) in [6.45, 7) is 0.177. The van der Waals surface area contributed by atoms with Gasteiger partial charge in [-0.2, -0.15) is 0 Å². The summed E-state index contributed by atoms with van der Waals surface area (Å²) in [7, 11) is 0. The first-order valence-electron chi connectivity index (χ1n) is 11.7. The Hall–Kier alpha value is -3.61. The lowest BCUT2D eigenvalue weighted by Crippen LogP contribution is -2.24. The molecule has 0 aromatic heterocycles. The lowest BCUT2D eigenvalue weighted by Gasteiger charge is -2.24. The van der Waals surface area contributed by atoms with Crippen LogP contribution in [0, 0.1) is 5.82 Å². The molecule has 1 aliphatic carbocycles. The maximum Gasteiger partial charge on any atom is 0.224 e. The number of halogens is 1. The predicted molar refractivity (Wildman–Crippen MR) is 130 cm³/mol. The third kappa shape index (κ3) is 6.04. The van der Waals surface area contributed by atoms with Crippen LogP contribution in [0.4, 0.5) is 15.8 Å². The van der Waals surface area contributed by atoms with Gasteiger partial charge in [0.15, 0.2) is 5.78 Å². The first kappa shape index (κ1) is 23.5. The number of carbonyl (C=O) groups is 3. The zero-order chi connectivity index (χ0) is 23.9. The van der Waals surface area contributed by atoms with Crippen molar-refractivity contribution >= 4 is 34.7 Å². The van der Waals surface area contributed by atoms with Crippen LogP contribution in [0.5, 0.6) is 0 Å². The van der Waals surface area contributed by atoms with Gasteiger partial charge < -0.3 is 10.6 Å². The first-order chi connectivity index (χ1) is 16.5. The first-order valence-corrected chi connectivity index (χ1v) is 11.7. The van der Waals surface area contributed by atoms with Crippen LogP contribution in [0.25, 0.3) is 0 Å². The molecule has 0 saturated heterocycles. The minimum absolute atomic E-state index is 0.108. The summed E-state index contributed by atoms with van der Waals surface area (Å²) < 4.78 is 14.4. The number of benzene rings is 2. The molecule has 0 spiro atoms. The van der Waals surface area contributed by atoms with Crippen LogP contribution in [0.15, 0.2) is 64.7 Å². The number of Topliss-reactive ketones (excluding diaryl/α,β-unsaturated/α-hetero) is 1. The van der Waals surface area contributed by atoms with E-state index in [0.29, 0.717) is 18.5 Å². The summed E-state index contributed by atoms with van der Waals surface area (Å²) in [5.74, 6) is -0.919. The third-order valence-electron chi connectivity index (χ3n) is 6.11. The number of nitrogens with zero attached hydrogens (tertiary/aromatic N) is 1. The molecule has 4 rings (SSSR count). The fourth-order valence-corrected chi connectivity index (χ4v) is 4.39. The number of ketones is 1. The second-order valence-corrected chi connectivity index (χ2v) is 8.66. The van der Waals surface area contributed by atoms with Crippen molar-refractivity contribution < 1.29 is 18.8 Å². The average molecular weight is 462 g/mol. The van der Waals surface area contributed by atoms with Crippen LogP contribution in [-0.2, 0) is 20.8 Å². The second-order valence-electron chi connectivity index (χ2n) is 8.66. The molecule has 0 radical (unpaired) electrons. The van der Waals surface area contributed by atoms with Gasteiger partial charge in [0.2, 0.25) is 11.8 Å². The van der Waals surface area contributed by atoms with Gasteiger partial charge in [0, 0.05) is 36.2 Å². The van der Waals surface area contributed by atoms with Crippen LogP contribution < -0.4 is 10.6 Å². The minimum Gasteiger partial charge on any atom is -0.326 e. The van der Waals surface area contributed by atoms with E-state index >= 15 is 0 Å². The molecule has 1 aliphatic heterocycles. The Morgan fingerprint density at radius 3 is 2.38 bits per heavy atom. The molecule has 0 atom stereocenters. The second kappa shape index (κ2) is 11.0. The van der Waals surface area contributed by atoms with Crippen LogP contribution in [-0.4, -0.2) is 29.9 Å². The van der Waals surface area contributed by atoms with Crippen LogP contribution >= 0.6 is 0 Å². The molecule has 6 nitrogen and oxygen atoms in total. The van der Waals surface area contributed by atoms with Crippen molar-refractivity contribution in [2.45, 2.75) is 51.4 Å². The SMILES string of the molecule is O=C(CCCC(=O)Nc1cc(CC2=NCC(=O)C3=C2CCCC3)ccc1F)Nc1ccccc1. The van der Waals surface area contributed by atoms with E-state index in [4.69, 9.17) is 0 Å². The monoisotopic (exact) mass is 461 g/mol. The topological polar surface area (TPSA) is 87.6 Å². The number of amides is 2. The van der Waals surface area contributed by atoms with Crippen LogP contribution in [0.3, 0.4) is 0 Å². The van der Waals surface area contributed by atoms with Crippen molar-refractivity contribution in [3.8, 4) is 0 Å². The van der Waals surface area contributed by atoms with Gasteiger partial charge in [-0.3, -0.25) is 19.4 Å². The smallest absolute Gasteiger partial charge is 0.224 e. The van der Waals surface area contributed by atoms with E-state index in [9.17, 15) is 18.8 Å². The van der Waals surface area contributed by atoms with Crippen molar-refractivity contribution in [3.63, 3.8) is 0 Å². The van der Waals surface area contributed by atoms with E-state index in [2.05, 4.69) is 15.6 Å². The number of hydrogen-bond acceptors (Lipinski definition) is 4. The highest BCUT2D eigenvalue weighted by atomic mass is 19.1. The summed E-state index contributed by atoms with van der Waals surface area (Å²) in [6.07, 6.45) is 4.88. The average Bonchev–Trinajstić information content (AvgIpc) is 2.84. The quantitative estimate of drug-likeness (QED) is 0.579. The number of anilines is 2. The van der Waals surface area contributed by atoms with E-state index < -0.39 is 5.82 Å². The van der Waals surface area contributed by atoms with Crippen LogP contribution in [0.1, 0.15) is 50.5 Å². The molecule has 0 fully saturated rings. The van der Waals surface area contributed by atoms with E-state index in [1.165, 1.54) is 6.07 Å². The number of carbonyl (C=O) groups excluding carboxylic acids is 3. The Balaban J connectivity index is 1.31. The number of para-hydroxylation sites is 1. The van der Waals surface area contributed by atoms with Crippen molar-refractivity contribution in [3.05, 3.63) is 71.1 Å². The maximum absolute atomic E-state index is 14.4. The fourth-order valence-electron chi connectivity index (χ4n) is 4.39. The molecule has 7 heteroatoms. The zero-order valence-electron chi connectivity index (χ0n) is 19.0. The Kier molecular flexibility index (Phi) is 7.62. The molecule has 2 amide bonds. The van der Waals surface area contributed by atoms with E-state index in [1.807, 2.05) is 18.2 Å². The normalized spacial score (nSPS) is 15.4. The number of allylic oxidation sites excluding steroid dienone is 1. The van der Waals surface area contributed by atoms with E-state index in [0.717, 1.165) is 48.1 Å². The number of nitrogens with one attached hydrogen (secondary N) is 2. The minimum atomic E-state index is -0.516. The fraction of sp³-hybridized carbons (Fsp3) is 0.333. The summed E-state index contributed by atoms with van der Waals surface area (Å²) in [4.78, 5) is 41.0. The van der Waals surface area contributed by atoms with Crippen LogP contribution in [0.2, 0.25) is 0 Å². The Labute approximate surface area is 198 Å². The van der Waals surface area contributed by atoms with Gasteiger partial charge >= 0.3 is 0 Å². The molecule has 0 bridgehead atoms. The summed E-state index contributed by atoms with van der Waals surface area (Å²) >= 11 is 0. The molecule has 2 N–H and O–H groups in total. The molecular formula is C27H28FN3O3. The van der Waals surface area contributed by atoms with Gasteiger partial charge in [0.05, 0.1) is 5.69 Å². The molecule has 0 unspecified atom stereocenters. The Morgan fingerprint density at radius 1 is 0.912 bits per heavy atom. The predicted octanol–water partition coefficient (Wildman–Crippen LogP) is 5.01. The molecule has 1 heterocycles. The third-order valence-corrected chi connectivity index (χ3v) is 6.11. The van der Waals surface area contributed by atoms with Gasteiger partial charge in [-0.15, -0.1) is 0 Å². The molecule has 0 saturated carbocycles. The van der Waals surface area contributed by atoms with Crippen molar-refractivity contribution in [1.29, 1.82) is 0 Å². The van der Waals surface area contributed by atoms with Gasteiger partial charge in [-0.25, -0.2) is 4.39 Å². The summed E-state index contributed by atoms with van der Waals surface area (Å²) in [5, 5.41) is 5.40. The highest BCUT2D eigenvalue weighted by Crippen LogP contribution is 2.30.